The van der Waals surface area contributed by atoms with Crippen LogP contribution < -0.4 is 10.1 Å². The fourth-order valence-corrected chi connectivity index (χ4v) is 3.95. The Bertz CT molecular complexity index is 1150. The van der Waals surface area contributed by atoms with Crippen molar-refractivity contribution >= 4 is 23.5 Å². The van der Waals surface area contributed by atoms with E-state index < -0.39 is 17.8 Å². The molecular formula is C22H21F3N4O3. The number of rotatable bonds is 5. The summed E-state index contributed by atoms with van der Waals surface area (Å²) in [6.07, 6.45) is 3.23. The van der Waals surface area contributed by atoms with Crippen LogP contribution >= 0.6 is 0 Å². The summed E-state index contributed by atoms with van der Waals surface area (Å²) in [7, 11) is 1.43. The number of pyridine rings is 2. The van der Waals surface area contributed by atoms with E-state index in [1.165, 1.54) is 13.2 Å². The summed E-state index contributed by atoms with van der Waals surface area (Å²) in [5.41, 5.74) is 0.276. The van der Waals surface area contributed by atoms with Gasteiger partial charge in [0.15, 0.2) is 0 Å². The Hall–Kier alpha value is -3.43. The van der Waals surface area contributed by atoms with Crippen molar-refractivity contribution in [3.05, 3.63) is 53.7 Å². The lowest BCUT2D eigenvalue weighted by molar-refractivity contribution is -0.141. The molecule has 0 atom stereocenters. The van der Waals surface area contributed by atoms with Gasteiger partial charge in [-0.2, -0.15) is 13.2 Å². The van der Waals surface area contributed by atoms with E-state index in [0.717, 1.165) is 49.8 Å². The molecule has 0 spiro atoms. The van der Waals surface area contributed by atoms with E-state index >= 15 is 0 Å². The Morgan fingerprint density at radius 2 is 1.94 bits per heavy atom. The first-order chi connectivity index (χ1) is 15.3. The monoisotopic (exact) mass is 446 g/mol. The number of alkyl halides is 3. The van der Waals surface area contributed by atoms with E-state index in [-0.39, 0.29) is 23.2 Å². The summed E-state index contributed by atoms with van der Waals surface area (Å²) in [6.45, 7) is 0. The summed E-state index contributed by atoms with van der Waals surface area (Å²) in [5.74, 6) is -0.125. The van der Waals surface area contributed by atoms with Crippen LogP contribution in [0.15, 0.2) is 36.7 Å². The maximum absolute atomic E-state index is 12.9. The molecule has 1 fully saturated rings. The first-order valence-electron chi connectivity index (χ1n) is 10.2. The number of methoxy groups -OCH3 is 1. The van der Waals surface area contributed by atoms with Crippen molar-refractivity contribution in [2.75, 3.05) is 12.4 Å². The van der Waals surface area contributed by atoms with Gasteiger partial charge in [-0.1, -0.05) is 6.07 Å². The van der Waals surface area contributed by atoms with Gasteiger partial charge in [-0.25, -0.2) is 9.97 Å². The molecule has 0 radical (unpaired) electrons. The number of amides is 1. The van der Waals surface area contributed by atoms with Gasteiger partial charge in [0.2, 0.25) is 0 Å². The number of aromatic nitrogens is 3. The minimum atomic E-state index is -4.65. The summed E-state index contributed by atoms with van der Waals surface area (Å²) in [4.78, 5) is 31.6. The summed E-state index contributed by atoms with van der Waals surface area (Å²) in [5, 5.41) is 2.57. The molecule has 0 aliphatic heterocycles. The molecule has 4 rings (SSSR count). The number of anilines is 1. The van der Waals surface area contributed by atoms with Crippen molar-refractivity contribution in [2.24, 2.45) is 5.92 Å². The molecule has 0 bridgehead atoms. The second-order valence-electron chi connectivity index (χ2n) is 7.79. The van der Waals surface area contributed by atoms with Crippen LogP contribution in [-0.2, 0) is 11.0 Å². The molecule has 0 unspecified atom stereocenters. The van der Waals surface area contributed by atoms with Crippen molar-refractivity contribution in [2.45, 2.75) is 37.8 Å². The number of halogens is 3. The van der Waals surface area contributed by atoms with Gasteiger partial charge in [0.25, 0.3) is 5.91 Å². The third-order valence-corrected chi connectivity index (χ3v) is 5.70. The average molecular weight is 446 g/mol. The zero-order chi connectivity index (χ0) is 22.9. The van der Waals surface area contributed by atoms with Crippen molar-refractivity contribution < 1.29 is 27.5 Å². The average Bonchev–Trinajstić information content (AvgIpc) is 3.21. The molecule has 0 saturated heterocycles. The van der Waals surface area contributed by atoms with E-state index in [2.05, 4.69) is 15.3 Å². The topological polar surface area (TPSA) is 85.6 Å². The third kappa shape index (κ3) is 4.44. The molecule has 3 heterocycles. The summed E-state index contributed by atoms with van der Waals surface area (Å²) < 4.78 is 45.8. The molecule has 3 aromatic heterocycles. The zero-order valence-electron chi connectivity index (χ0n) is 17.2. The van der Waals surface area contributed by atoms with Crippen LogP contribution in [0.5, 0.6) is 5.75 Å². The fraction of sp³-hybridized carbons (Fsp3) is 0.364. The van der Waals surface area contributed by atoms with Gasteiger partial charge in [-0.3, -0.25) is 4.79 Å². The second-order valence-corrected chi connectivity index (χ2v) is 7.79. The zero-order valence-corrected chi connectivity index (χ0v) is 17.2. The number of aldehydes is 1. The normalized spacial score (nSPS) is 19.0. The van der Waals surface area contributed by atoms with Crippen molar-refractivity contribution in [3.8, 4) is 5.75 Å². The summed E-state index contributed by atoms with van der Waals surface area (Å²) >= 11 is 0. The maximum atomic E-state index is 12.9. The second kappa shape index (κ2) is 8.60. The maximum Gasteiger partial charge on any atom is 0.433 e. The molecule has 1 amide bonds. The Morgan fingerprint density at radius 3 is 2.59 bits per heavy atom. The highest BCUT2D eigenvalue weighted by Gasteiger charge is 2.33. The van der Waals surface area contributed by atoms with Crippen LogP contribution in [0.1, 0.15) is 53.5 Å². The van der Waals surface area contributed by atoms with E-state index in [0.29, 0.717) is 11.4 Å². The van der Waals surface area contributed by atoms with Crippen LogP contribution in [0.3, 0.4) is 0 Å². The highest BCUT2D eigenvalue weighted by molar-refractivity contribution is 6.03. The van der Waals surface area contributed by atoms with Crippen LogP contribution in [0, 0.1) is 5.92 Å². The Morgan fingerprint density at radius 1 is 1.19 bits per heavy atom. The van der Waals surface area contributed by atoms with Crippen LogP contribution in [0.25, 0.3) is 5.65 Å². The van der Waals surface area contributed by atoms with E-state index in [1.54, 1.807) is 16.7 Å². The number of imidazole rings is 1. The molecule has 1 saturated carbocycles. The molecule has 32 heavy (non-hydrogen) atoms. The largest absolute Gasteiger partial charge is 0.494 e. The lowest BCUT2D eigenvalue weighted by Gasteiger charge is -2.23. The molecule has 168 valence electrons. The molecule has 10 heteroatoms. The number of carbonyl (C=O) groups is 2. The third-order valence-electron chi connectivity index (χ3n) is 5.70. The SMILES string of the molecule is COc1cc2nc(C3CCC(C=O)CC3)cn2cc1NC(=O)c1cccc(C(F)(F)F)n1. The van der Waals surface area contributed by atoms with Gasteiger partial charge in [-0.05, 0) is 37.8 Å². The van der Waals surface area contributed by atoms with E-state index in [1.807, 2.05) is 6.20 Å². The number of ether oxygens (including phenoxy) is 1. The molecular weight excluding hydrogens is 425 g/mol. The highest BCUT2D eigenvalue weighted by atomic mass is 19.4. The molecule has 1 aliphatic rings. The van der Waals surface area contributed by atoms with Crippen LogP contribution in [0.2, 0.25) is 0 Å². The van der Waals surface area contributed by atoms with Crippen molar-refractivity contribution in [3.63, 3.8) is 0 Å². The fourth-order valence-electron chi connectivity index (χ4n) is 3.95. The van der Waals surface area contributed by atoms with E-state index in [9.17, 15) is 22.8 Å². The Balaban J connectivity index is 1.59. The Labute approximate surface area is 181 Å². The van der Waals surface area contributed by atoms with Gasteiger partial charge in [0, 0.05) is 30.3 Å². The quantitative estimate of drug-likeness (QED) is 0.584. The standard InChI is InChI=1S/C22H21F3N4O3/c1-32-18-9-20-27-16(14-7-5-13(12-30)6-8-14)10-29(20)11-17(18)28-21(31)15-3-2-4-19(26-15)22(23,24)25/h2-4,9-14H,5-8H2,1H3,(H,28,31). The molecule has 1 N–H and O–H groups in total. The number of nitrogens with one attached hydrogen (secondary N) is 1. The Kier molecular flexibility index (Phi) is 5.86. The number of nitrogens with zero attached hydrogens (tertiary/aromatic N) is 3. The van der Waals surface area contributed by atoms with Gasteiger partial charge < -0.3 is 19.2 Å². The molecule has 0 aromatic carbocycles. The first kappa shape index (κ1) is 21.8. The minimum absolute atomic E-state index is 0.106. The van der Waals surface area contributed by atoms with Crippen molar-refractivity contribution in [1.29, 1.82) is 0 Å². The molecule has 7 nitrogen and oxygen atoms in total. The van der Waals surface area contributed by atoms with Gasteiger partial charge >= 0.3 is 6.18 Å². The van der Waals surface area contributed by atoms with Crippen LogP contribution in [-0.4, -0.2) is 33.7 Å². The van der Waals surface area contributed by atoms with Gasteiger partial charge in [-0.15, -0.1) is 0 Å². The number of carbonyl (C=O) groups excluding carboxylic acids is 2. The lowest BCUT2D eigenvalue weighted by atomic mass is 9.81. The highest BCUT2D eigenvalue weighted by Crippen LogP contribution is 2.36. The van der Waals surface area contributed by atoms with Gasteiger partial charge in [0.1, 0.15) is 34.8 Å². The first-order valence-corrected chi connectivity index (χ1v) is 10.2. The van der Waals surface area contributed by atoms with Crippen LogP contribution in [0.4, 0.5) is 18.9 Å². The predicted octanol–water partition coefficient (Wildman–Crippen LogP) is 4.48. The van der Waals surface area contributed by atoms with Gasteiger partial charge in [0.05, 0.1) is 12.8 Å². The smallest absolute Gasteiger partial charge is 0.433 e. The minimum Gasteiger partial charge on any atom is -0.494 e. The predicted molar refractivity (Wildman–Crippen MR) is 110 cm³/mol. The number of hydrogen-bond acceptors (Lipinski definition) is 5. The number of fused-ring (bicyclic) bond motifs is 1. The van der Waals surface area contributed by atoms with E-state index in [4.69, 9.17) is 4.74 Å². The summed E-state index contributed by atoms with van der Waals surface area (Å²) in [6, 6.07) is 4.79. The molecule has 3 aromatic rings. The lowest BCUT2D eigenvalue weighted by Crippen LogP contribution is -2.17. The van der Waals surface area contributed by atoms with Crippen molar-refractivity contribution in [1.82, 2.24) is 14.4 Å². The number of hydrogen-bond donors (Lipinski definition) is 1. The molecule has 1 aliphatic carbocycles.